The van der Waals surface area contributed by atoms with E-state index in [2.05, 4.69) is 20.8 Å². The van der Waals surface area contributed by atoms with E-state index in [1.807, 2.05) is 0 Å². The molecular weight excluding hydrogens is 304 g/mol. The van der Waals surface area contributed by atoms with Crippen LogP contribution in [-0.2, 0) is 0 Å². The first-order chi connectivity index (χ1) is 12.0. The third-order valence-corrected chi connectivity index (χ3v) is 10.2. The summed E-state index contributed by atoms with van der Waals surface area (Å²) >= 11 is 0. The van der Waals surface area contributed by atoms with E-state index in [4.69, 9.17) is 0 Å². The zero-order valence-corrected chi connectivity index (χ0v) is 17.1. The lowest BCUT2D eigenvalue weighted by atomic mass is 9.44. The highest BCUT2D eigenvalue weighted by Crippen LogP contribution is 2.68. The van der Waals surface area contributed by atoms with Gasteiger partial charge in [0.25, 0.3) is 0 Å². The first-order valence-corrected chi connectivity index (χ1v) is 11.6. The van der Waals surface area contributed by atoms with Crippen molar-refractivity contribution < 1.29 is 5.11 Å². The predicted molar refractivity (Wildman–Crippen MR) is 105 cm³/mol. The van der Waals surface area contributed by atoms with E-state index in [1.165, 1.54) is 64.2 Å². The van der Waals surface area contributed by atoms with E-state index < -0.39 is 0 Å². The highest BCUT2D eigenvalue weighted by molar-refractivity contribution is 5.09. The van der Waals surface area contributed by atoms with Crippen LogP contribution in [-0.4, -0.2) is 11.7 Å². The molecular formula is C24H42O. The largest absolute Gasteiger partial charge is 0.396 e. The molecule has 4 aliphatic rings. The van der Waals surface area contributed by atoms with Gasteiger partial charge < -0.3 is 5.11 Å². The number of hydrogen-bond acceptors (Lipinski definition) is 1. The third kappa shape index (κ3) is 2.82. The average Bonchev–Trinajstić information content (AvgIpc) is 2.96. The number of rotatable bonds is 4. The summed E-state index contributed by atoms with van der Waals surface area (Å²) in [5.41, 5.74) is 1.29. The Morgan fingerprint density at radius 1 is 0.880 bits per heavy atom. The minimum absolute atomic E-state index is 0.377. The molecule has 0 bridgehead atoms. The van der Waals surface area contributed by atoms with Gasteiger partial charge in [0.2, 0.25) is 0 Å². The molecule has 25 heavy (non-hydrogen) atoms. The highest BCUT2D eigenvalue weighted by atomic mass is 16.2. The second-order valence-electron chi connectivity index (χ2n) is 11.0. The molecule has 0 aliphatic heterocycles. The molecule has 0 heterocycles. The van der Waals surface area contributed by atoms with Gasteiger partial charge in [0.15, 0.2) is 0 Å². The lowest BCUT2D eigenvalue weighted by molar-refractivity contribution is -0.114. The minimum Gasteiger partial charge on any atom is -0.396 e. The molecule has 0 radical (unpaired) electrons. The van der Waals surface area contributed by atoms with E-state index >= 15 is 0 Å². The van der Waals surface area contributed by atoms with Crippen LogP contribution in [0.2, 0.25) is 0 Å². The van der Waals surface area contributed by atoms with Crippen molar-refractivity contribution >= 4 is 0 Å². The molecule has 144 valence electrons. The van der Waals surface area contributed by atoms with E-state index in [9.17, 15) is 5.11 Å². The van der Waals surface area contributed by atoms with Gasteiger partial charge in [0.1, 0.15) is 0 Å². The zero-order valence-electron chi connectivity index (χ0n) is 17.1. The zero-order chi connectivity index (χ0) is 17.7. The Kier molecular flexibility index (Phi) is 5.02. The van der Waals surface area contributed by atoms with Crippen molar-refractivity contribution in [1.82, 2.24) is 0 Å². The van der Waals surface area contributed by atoms with Crippen molar-refractivity contribution in [2.75, 3.05) is 6.61 Å². The van der Waals surface area contributed by atoms with Gasteiger partial charge in [-0.05, 0) is 111 Å². The van der Waals surface area contributed by atoms with Crippen LogP contribution in [0, 0.1) is 46.3 Å². The first kappa shape index (κ1) is 18.3. The van der Waals surface area contributed by atoms with Gasteiger partial charge in [-0.25, -0.2) is 0 Å². The van der Waals surface area contributed by atoms with Crippen LogP contribution in [0.1, 0.15) is 97.8 Å². The Labute approximate surface area is 156 Å². The number of hydrogen-bond donors (Lipinski definition) is 1. The maximum atomic E-state index is 9.25. The van der Waals surface area contributed by atoms with Crippen LogP contribution >= 0.6 is 0 Å². The highest BCUT2D eigenvalue weighted by Gasteiger charge is 2.59. The summed E-state index contributed by atoms with van der Waals surface area (Å²) in [4.78, 5) is 0. The fourth-order valence-electron chi connectivity index (χ4n) is 8.88. The maximum Gasteiger partial charge on any atom is 0.0431 e. The lowest BCUT2D eigenvalue weighted by Gasteiger charge is -2.61. The quantitative estimate of drug-likeness (QED) is 0.620. The summed E-state index contributed by atoms with van der Waals surface area (Å²) in [6.45, 7) is 8.24. The van der Waals surface area contributed by atoms with Crippen molar-refractivity contribution in [3.63, 3.8) is 0 Å². The molecule has 4 saturated carbocycles. The molecule has 0 unspecified atom stereocenters. The first-order valence-electron chi connectivity index (χ1n) is 11.6. The molecule has 0 aromatic heterocycles. The normalized spacial score (nSPS) is 50.6. The molecule has 4 fully saturated rings. The van der Waals surface area contributed by atoms with Crippen LogP contribution in [0.25, 0.3) is 0 Å². The van der Waals surface area contributed by atoms with E-state index in [-0.39, 0.29) is 0 Å². The van der Waals surface area contributed by atoms with Gasteiger partial charge in [-0.3, -0.25) is 0 Å². The van der Waals surface area contributed by atoms with Crippen molar-refractivity contribution in [3.8, 4) is 0 Å². The van der Waals surface area contributed by atoms with Crippen LogP contribution in [0.4, 0.5) is 0 Å². The van der Waals surface area contributed by atoms with Crippen molar-refractivity contribution in [2.24, 2.45) is 46.3 Å². The van der Waals surface area contributed by atoms with Gasteiger partial charge in [-0.2, -0.15) is 0 Å². The molecule has 0 spiro atoms. The summed E-state index contributed by atoms with van der Waals surface area (Å²) in [6, 6.07) is 0. The molecule has 0 amide bonds. The smallest absolute Gasteiger partial charge is 0.0431 e. The molecule has 1 heteroatoms. The van der Waals surface area contributed by atoms with Gasteiger partial charge in [-0.1, -0.05) is 33.6 Å². The monoisotopic (exact) mass is 346 g/mol. The number of aliphatic hydroxyl groups excluding tert-OH is 1. The van der Waals surface area contributed by atoms with Gasteiger partial charge in [0, 0.05) is 6.61 Å². The van der Waals surface area contributed by atoms with Crippen molar-refractivity contribution in [2.45, 2.75) is 97.8 Å². The fraction of sp³-hybridized carbons (Fsp3) is 1.00. The van der Waals surface area contributed by atoms with E-state index in [0.29, 0.717) is 17.4 Å². The second kappa shape index (κ2) is 6.84. The van der Waals surface area contributed by atoms with E-state index in [1.54, 1.807) is 6.42 Å². The predicted octanol–water partition coefficient (Wildman–Crippen LogP) is 6.44. The summed E-state index contributed by atoms with van der Waals surface area (Å²) in [6.07, 6.45) is 17.4. The molecule has 8 atom stereocenters. The van der Waals surface area contributed by atoms with Gasteiger partial charge in [0.05, 0.1) is 0 Å². The Bertz CT molecular complexity index is 473. The second-order valence-corrected chi connectivity index (χ2v) is 11.0. The van der Waals surface area contributed by atoms with Crippen LogP contribution in [0.15, 0.2) is 0 Å². The molecule has 4 aliphatic carbocycles. The SMILES string of the molecule is C[C@@H](CCCO)[C@H]1CC[C@H]2[C@@H]3CC[C@@H]4CCCC[C@]4(C)[C@H]3CC[C@]12C. The van der Waals surface area contributed by atoms with Crippen molar-refractivity contribution in [3.05, 3.63) is 0 Å². The lowest BCUT2D eigenvalue weighted by Crippen LogP contribution is -2.53. The summed E-state index contributed by atoms with van der Waals surface area (Å²) in [7, 11) is 0. The average molecular weight is 347 g/mol. The summed E-state index contributed by atoms with van der Waals surface area (Å²) < 4.78 is 0. The molecule has 0 aromatic carbocycles. The third-order valence-electron chi connectivity index (χ3n) is 10.2. The molecule has 0 aromatic rings. The van der Waals surface area contributed by atoms with Crippen LogP contribution in [0.3, 0.4) is 0 Å². The Morgan fingerprint density at radius 2 is 1.68 bits per heavy atom. The van der Waals surface area contributed by atoms with Gasteiger partial charge >= 0.3 is 0 Å². The fourth-order valence-corrected chi connectivity index (χ4v) is 8.88. The number of fused-ring (bicyclic) bond motifs is 5. The van der Waals surface area contributed by atoms with Crippen LogP contribution < -0.4 is 0 Å². The van der Waals surface area contributed by atoms with E-state index in [0.717, 1.165) is 41.9 Å². The molecule has 1 N–H and O–H groups in total. The molecule has 0 saturated heterocycles. The van der Waals surface area contributed by atoms with Gasteiger partial charge in [-0.15, -0.1) is 0 Å². The topological polar surface area (TPSA) is 20.2 Å². The van der Waals surface area contributed by atoms with Crippen LogP contribution in [0.5, 0.6) is 0 Å². The summed E-state index contributed by atoms with van der Waals surface area (Å²) in [5, 5.41) is 9.25. The standard InChI is InChI=1S/C24H42O/c1-17(7-6-16-25)20-11-12-21-19-10-9-18-8-4-5-14-23(18,2)22(19)13-15-24(20,21)3/h17-22,25H,4-16H2,1-3H3/t17-,18-,19-,20+,21-,22-,23-,24+/m0/s1. The molecule has 1 nitrogen and oxygen atoms in total. The Hall–Kier alpha value is -0.0400. The summed E-state index contributed by atoms with van der Waals surface area (Å²) in [5.74, 6) is 5.85. The molecule has 4 rings (SSSR count). The minimum atomic E-state index is 0.377. The Balaban J connectivity index is 1.53. The maximum absolute atomic E-state index is 9.25. The van der Waals surface area contributed by atoms with Crippen molar-refractivity contribution in [1.29, 1.82) is 0 Å². The number of aliphatic hydroxyl groups is 1. The Morgan fingerprint density at radius 3 is 2.48 bits per heavy atom.